The van der Waals surface area contributed by atoms with Gasteiger partial charge in [0.15, 0.2) is 11.5 Å². The van der Waals surface area contributed by atoms with E-state index in [0.717, 1.165) is 5.56 Å². The summed E-state index contributed by atoms with van der Waals surface area (Å²) in [5.41, 5.74) is -0.0937. The third-order valence-corrected chi connectivity index (χ3v) is 5.72. The summed E-state index contributed by atoms with van der Waals surface area (Å²) in [6.07, 6.45) is 3.30. The maximum Gasteiger partial charge on any atom is 0.161 e. The highest BCUT2D eigenvalue weighted by Crippen LogP contribution is 2.29. The zero-order valence-corrected chi connectivity index (χ0v) is 19.9. The number of β-amino-alcohol motifs (C(OH)–C–C–N with tert-alkyl or cyclic N) is 1. The highest BCUT2D eigenvalue weighted by molar-refractivity contribution is 6.30. The van der Waals surface area contributed by atoms with Crippen LogP contribution in [0, 0.1) is 0 Å². The van der Waals surface area contributed by atoms with Crippen LogP contribution in [0.3, 0.4) is 0 Å². The summed E-state index contributed by atoms with van der Waals surface area (Å²) >= 11 is 5.93. The Labute approximate surface area is 203 Å². The minimum atomic E-state index is -1.14. The SMILES string of the molecule is COc1ccc(CN2CCOCC(O)(COc3ccc(Cl)cc3)C2)cc1OCCn1cnnc1. The van der Waals surface area contributed by atoms with E-state index in [1.165, 1.54) is 0 Å². The average molecular weight is 489 g/mol. The zero-order chi connectivity index (χ0) is 23.8. The van der Waals surface area contributed by atoms with Gasteiger partial charge in [0.1, 0.15) is 37.2 Å². The van der Waals surface area contributed by atoms with Crippen LogP contribution in [-0.4, -0.2) is 77.0 Å². The Bertz CT molecular complexity index is 1030. The number of methoxy groups -OCH3 is 1. The van der Waals surface area contributed by atoms with E-state index in [4.69, 9.17) is 30.5 Å². The van der Waals surface area contributed by atoms with Gasteiger partial charge in [-0.3, -0.25) is 4.90 Å². The molecule has 4 rings (SSSR count). The molecule has 182 valence electrons. The maximum absolute atomic E-state index is 11.2. The number of aliphatic hydroxyl groups is 1. The number of nitrogens with zero attached hydrogens (tertiary/aromatic N) is 4. The lowest BCUT2D eigenvalue weighted by atomic mass is 10.1. The summed E-state index contributed by atoms with van der Waals surface area (Å²) in [4.78, 5) is 2.15. The van der Waals surface area contributed by atoms with Crippen molar-refractivity contribution in [3.63, 3.8) is 0 Å². The predicted molar refractivity (Wildman–Crippen MR) is 127 cm³/mol. The highest BCUT2D eigenvalue weighted by Gasteiger charge is 2.33. The minimum Gasteiger partial charge on any atom is -0.493 e. The van der Waals surface area contributed by atoms with Gasteiger partial charge in [0.25, 0.3) is 0 Å². The number of hydrogen-bond acceptors (Lipinski definition) is 8. The molecule has 34 heavy (non-hydrogen) atoms. The predicted octanol–water partition coefficient (Wildman–Crippen LogP) is 2.66. The first-order chi connectivity index (χ1) is 16.5. The third kappa shape index (κ3) is 6.83. The molecule has 9 nitrogen and oxygen atoms in total. The lowest BCUT2D eigenvalue weighted by Gasteiger charge is -2.30. The van der Waals surface area contributed by atoms with Crippen molar-refractivity contribution in [2.24, 2.45) is 0 Å². The van der Waals surface area contributed by atoms with E-state index in [1.54, 1.807) is 44.0 Å². The molecule has 0 aliphatic carbocycles. The van der Waals surface area contributed by atoms with Gasteiger partial charge in [-0.05, 0) is 42.0 Å². The molecule has 1 aliphatic heterocycles. The smallest absolute Gasteiger partial charge is 0.161 e. The molecular weight excluding hydrogens is 460 g/mol. The quantitative estimate of drug-likeness (QED) is 0.466. The number of hydrogen-bond donors (Lipinski definition) is 1. The monoisotopic (exact) mass is 488 g/mol. The fraction of sp³-hybridized carbons (Fsp3) is 0.417. The second-order valence-electron chi connectivity index (χ2n) is 8.26. The molecule has 10 heteroatoms. The van der Waals surface area contributed by atoms with Crippen molar-refractivity contribution in [3.8, 4) is 17.2 Å². The molecular formula is C24H29ClN4O5. The first-order valence-corrected chi connectivity index (χ1v) is 11.4. The Morgan fingerprint density at radius 2 is 1.88 bits per heavy atom. The lowest BCUT2D eigenvalue weighted by Crippen LogP contribution is -2.48. The largest absolute Gasteiger partial charge is 0.493 e. The summed E-state index contributed by atoms with van der Waals surface area (Å²) in [6.45, 7) is 3.67. The molecule has 1 unspecified atom stereocenters. The molecule has 1 N–H and O–H groups in total. The van der Waals surface area contributed by atoms with Gasteiger partial charge < -0.3 is 28.6 Å². The fourth-order valence-electron chi connectivity index (χ4n) is 3.76. The lowest BCUT2D eigenvalue weighted by molar-refractivity contribution is -0.0646. The van der Waals surface area contributed by atoms with E-state index in [2.05, 4.69) is 15.1 Å². The van der Waals surface area contributed by atoms with Gasteiger partial charge in [-0.2, -0.15) is 0 Å². The van der Waals surface area contributed by atoms with Crippen molar-refractivity contribution in [2.45, 2.75) is 18.7 Å². The molecule has 1 aliphatic rings. The van der Waals surface area contributed by atoms with E-state index in [0.29, 0.717) is 61.7 Å². The van der Waals surface area contributed by atoms with Crippen molar-refractivity contribution < 1.29 is 24.1 Å². The normalized spacial score (nSPS) is 18.9. The highest BCUT2D eigenvalue weighted by atomic mass is 35.5. The standard InChI is InChI=1S/C24H29ClN4O5/c1-31-22-7-2-19(12-23(22)33-11-9-29-17-26-27-18-29)13-28-8-10-32-15-24(30,14-28)16-34-21-5-3-20(25)4-6-21/h2-7,12,17-18,30H,8-11,13-16H2,1H3. The molecule has 0 amide bonds. The molecule has 1 aromatic heterocycles. The van der Waals surface area contributed by atoms with Crippen molar-refractivity contribution in [1.82, 2.24) is 19.7 Å². The van der Waals surface area contributed by atoms with E-state index < -0.39 is 5.60 Å². The average Bonchev–Trinajstić information content (AvgIpc) is 3.28. The zero-order valence-electron chi connectivity index (χ0n) is 19.1. The maximum atomic E-state index is 11.2. The summed E-state index contributed by atoms with van der Waals surface area (Å²) < 4.78 is 24.8. The van der Waals surface area contributed by atoms with Crippen LogP contribution in [0.15, 0.2) is 55.1 Å². The molecule has 2 heterocycles. The number of benzene rings is 2. The van der Waals surface area contributed by atoms with Gasteiger partial charge >= 0.3 is 0 Å². The molecule has 0 saturated carbocycles. The third-order valence-electron chi connectivity index (χ3n) is 5.47. The second kappa shape index (κ2) is 11.5. The topological polar surface area (TPSA) is 91.1 Å². The van der Waals surface area contributed by atoms with Gasteiger partial charge in [0.2, 0.25) is 0 Å². The number of rotatable bonds is 10. The minimum absolute atomic E-state index is 0.116. The van der Waals surface area contributed by atoms with Crippen LogP contribution in [0.25, 0.3) is 0 Å². The number of ether oxygens (including phenoxy) is 4. The second-order valence-corrected chi connectivity index (χ2v) is 8.70. The van der Waals surface area contributed by atoms with Crippen LogP contribution >= 0.6 is 11.6 Å². The van der Waals surface area contributed by atoms with E-state index in [-0.39, 0.29) is 13.2 Å². The van der Waals surface area contributed by atoms with E-state index in [1.807, 2.05) is 22.8 Å². The van der Waals surface area contributed by atoms with Crippen LogP contribution in [0.2, 0.25) is 5.02 Å². The Hall–Kier alpha value is -2.85. The van der Waals surface area contributed by atoms with Crippen LogP contribution in [0.5, 0.6) is 17.2 Å². The molecule has 0 spiro atoms. The molecule has 0 radical (unpaired) electrons. The Balaban J connectivity index is 1.37. The number of halogens is 1. The first kappa shape index (κ1) is 24.3. The van der Waals surface area contributed by atoms with Gasteiger partial charge in [0, 0.05) is 24.7 Å². The summed E-state index contributed by atoms with van der Waals surface area (Å²) in [7, 11) is 1.62. The van der Waals surface area contributed by atoms with Crippen LogP contribution in [0.1, 0.15) is 5.56 Å². The van der Waals surface area contributed by atoms with E-state index in [9.17, 15) is 5.11 Å². The van der Waals surface area contributed by atoms with Gasteiger partial charge in [-0.15, -0.1) is 10.2 Å². The molecule has 1 fully saturated rings. The van der Waals surface area contributed by atoms with Gasteiger partial charge in [-0.25, -0.2) is 0 Å². The molecule has 0 bridgehead atoms. The van der Waals surface area contributed by atoms with Crippen molar-refractivity contribution in [3.05, 3.63) is 65.7 Å². The van der Waals surface area contributed by atoms with Crippen molar-refractivity contribution in [2.75, 3.05) is 46.6 Å². The van der Waals surface area contributed by atoms with Crippen molar-refractivity contribution in [1.29, 1.82) is 0 Å². The Kier molecular flexibility index (Phi) is 8.23. The molecule has 1 atom stereocenters. The molecule has 3 aromatic rings. The van der Waals surface area contributed by atoms with Gasteiger partial charge in [-0.1, -0.05) is 17.7 Å². The fourth-order valence-corrected chi connectivity index (χ4v) is 3.88. The summed E-state index contributed by atoms with van der Waals surface area (Å²) in [6, 6.07) is 12.9. The van der Waals surface area contributed by atoms with E-state index >= 15 is 0 Å². The van der Waals surface area contributed by atoms with Crippen LogP contribution < -0.4 is 14.2 Å². The summed E-state index contributed by atoms with van der Waals surface area (Å²) in [5.74, 6) is 1.98. The van der Waals surface area contributed by atoms with Crippen LogP contribution in [0.4, 0.5) is 0 Å². The Morgan fingerprint density at radius 3 is 2.65 bits per heavy atom. The molecule has 2 aromatic carbocycles. The molecule has 1 saturated heterocycles. The summed E-state index contributed by atoms with van der Waals surface area (Å²) in [5, 5.41) is 19.4. The first-order valence-electron chi connectivity index (χ1n) is 11.1. The number of aromatic nitrogens is 3. The van der Waals surface area contributed by atoms with Crippen molar-refractivity contribution >= 4 is 11.6 Å². The van der Waals surface area contributed by atoms with Gasteiger partial charge in [0.05, 0.1) is 26.9 Å². The Morgan fingerprint density at radius 1 is 1.09 bits per heavy atom. The van der Waals surface area contributed by atoms with Crippen LogP contribution in [-0.2, 0) is 17.8 Å².